The van der Waals surface area contributed by atoms with E-state index in [-0.39, 0.29) is 11.9 Å². The molecule has 2 aromatic heterocycles. The molecule has 0 radical (unpaired) electrons. The number of nitrogens with one attached hydrogen (secondary N) is 1. The summed E-state index contributed by atoms with van der Waals surface area (Å²) in [7, 11) is 3.20. The third kappa shape index (κ3) is 3.27. The van der Waals surface area contributed by atoms with Crippen LogP contribution in [0.5, 0.6) is 11.5 Å². The first-order valence-electron chi connectivity index (χ1n) is 9.20. The summed E-state index contributed by atoms with van der Waals surface area (Å²) < 4.78 is 12.4. The van der Waals surface area contributed by atoms with Crippen LogP contribution in [-0.2, 0) is 0 Å². The van der Waals surface area contributed by atoms with Crippen molar-refractivity contribution in [2.75, 3.05) is 33.9 Å². The lowest BCUT2D eigenvalue weighted by Crippen LogP contribution is -2.51. The number of hydrogen-bond acceptors (Lipinski definition) is 6. The number of benzene rings is 1. The molecule has 0 spiro atoms. The fourth-order valence-electron chi connectivity index (χ4n) is 3.49. The third-order valence-corrected chi connectivity index (χ3v) is 4.91. The van der Waals surface area contributed by atoms with Crippen LogP contribution < -0.4 is 14.8 Å². The zero-order chi connectivity index (χ0) is 19.7. The van der Waals surface area contributed by atoms with Crippen LogP contribution in [0.4, 0.5) is 0 Å². The van der Waals surface area contributed by atoms with Crippen molar-refractivity contribution in [1.29, 1.82) is 0 Å². The smallest absolute Gasteiger partial charge is 0.274 e. The Morgan fingerprint density at radius 1 is 1.18 bits per heavy atom. The largest absolute Gasteiger partial charge is 0.493 e. The maximum atomic E-state index is 12.9. The summed E-state index contributed by atoms with van der Waals surface area (Å²) in [6.07, 6.45) is 1.71. The molecule has 3 heterocycles. The predicted molar refractivity (Wildman–Crippen MR) is 105 cm³/mol. The Morgan fingerprint density at radius 3 is 2.75 bits per heavy atom. The molecule has 1 amide bonds. The Kier molecular flexibility index (Phi) is 4.87. The molecule has 8 nitrogen and oxygen atoms in total. The fourth-order valence-corrected chi connectivity index (χ4v) is 3.49. The number of amides is 1. The van der Waals surface area contributed by atoms with E-state index in [1.165, 1.54) is 0 Å². The molecule has 1 saturated heterocycles. The molecule has 0 saturated carbocycles. The number of hydrogen-bond donors (Lipinski definition) is 1. The molecule has 3 aromatic rings. The minimum Gasteiger partial charge on any atom is -0.493 e. The summed E-state index contributed by atoms with van der Waals surface area (Å²) in [6.45, 7) is 4.20. The van der Waals surface area contributed by atoms with Gasteiger partial charge < -0.3 is 19.7 Å². The number of ether oxygens (including phenoxy) is 2. The molecule has 8 heteroatoms. The normalized spacial score (nSPS) is 17.0. The van der Waals surface area contributed by atoms with Crippen molar-refractivity contribution in [2.24, 2.45) is 0 Å². The highest BCUT2D eigenvalue weighted by molar-refractivity contribution is 5.93. The zero-order valence-electron chi connectivity index (χ0n) is 16.2. The van der Waals surface area contributed by atoms with Crippen molar-refractivity contribution in [3.63, 3.8) is 0 Å². The molecule has 1 aliphatic heterocycles. The highest BCUT2D eigenvalue weighted by atomic mass is 16.5. The van der Waals surface area contributed by atoms with E-state index in [2.05, 4.69) is 22.3 Å². The van der Waals surface area contributed by atoms with Crippen molar-refractivity contribution in [2.45, 2.75) is 13.0 Å². The molecule has 1 fully saturated rings. The predicted octanol–water partition coefficient (Wildman–Crippen LogP) is 1.85. The van der Waals surface area contributed by atoms with E-state index >= 15 is 0 Å². The van der Waals surface area contributed by atoms with Gasteiger partial charge in [-0.15, -0.1) is 0 Å². The van der Waals surface area contributed by atoms with Gasteiger partial charge in [-0.25, -0.2) is 9.50 Å². The topological polar surface area (TPSA) is 81.0 Å². The minimum atomic E-state index is -0.0721. The Balaban J connectivity index is 1.72. The van der Waals surface area contributed by atoms with E-state index in [0.717, 1.165) is 17.8 Å². The van der Waals surface area contributed by atoms with Gasteiger partial charge in [-0.1, -0.05) is 0 Å². The first kappa shape index (κ1) is 18.2. The summed E-state index contributed by atoms with van der Waals surface area (Å²) in [5, 5.41) is 7.90. The first-order chi connectivity index (χ1) is 13.6. The standard InChI is InChI=1S/C20H23N5O3/c1-13-12-24(9-8-21-13)20(26)15-11-19-22-7-6-16(25(19)23-15)14-4-5-17(27-2)18(10-14)28-3/h4-7,10-11,13,21H,8-9,12H2,1-3H3/t13-/m0/s1. The van der Waals surface area contributed by atoms with E-state index in [0.29, 0.717) is 35.9 Å². The average molecular weight is 381 g/mol. The van der Waals surface area contributed by atoms with Crippen molar-refractivity contribution in [3.8, 4) is 22.8 Å². The lowest BCUT2D eigenvalue weighted by atomic mass is 10.1. The number of nitrogens with zero attached hydrogens (tertiary/aromatic N) is 4. The molecule has 1 aromatic carbocycles. The number of carbonyl (C=O) groups is 1. The van der Waals surface area contributed by atoms with Gasteiger partial charge in [-0.3, -0.25) is 4.79 Å². The van der Waals surface area contributed by atoms with Gasteiger partial charge in [0.05, 0.1) is 19.9 Å². The molecule has 146 valence electrons. The molecule has 0 bridgehead atoms. The van der Waals surface area contributed by atoms with Gasteiger partial charge in [0.15, 0.2) is 22.8 Å². The zero-order valence-corrected chi connectivity index (χ0v) is 16.2. The van der Waals surface area contributed by atoms with Gasteiger partial charge >= 0.3 is 0 Å². The second-order valence-corrected chi connectivity index (χ2v) is 6.81. The Bertz CT molecular complexity index is 1020. The fraction of sp³-hybridized carbons (Fsp3) is 0.350. The monoisotopic (exact) mass is 381 g/mol. The molecule has 1 aliphatic rings. The van der Waals surface area contributed by atoms with E-state index in [1.807, 2.05) is 29.2 Å². The summed E-state index contributed by atoms with van der Waals surface area (Å²) in [5.74, 6) is 1.21. The number of methoxy groups -OCH3 is 2. The number of carbonyl (C=O) groups excluding carboxylic acids is 1. The highest BCUT2D eigenvalue weighted by Gasteiger charge is 2.24. The average Bonchev–Trinajstić information content (AvgIpc) is 3.17. The second-order valence-electron chi connectivity index (χ2n) is 6.81. The SMILES string of the molecule is COc1ccc(-c2ccnc3cc(C(=O)N4CCN[C@@H](C)C4)nn23)cc1OC. The third-order valence-electron chi connectivity index (χ3n) is 4.91. The number of fused-ring (bicyclic) bond motifs is 1. The Morgan fingerprint density at radius 2 is 2.00 bits per heavy atom. The van der Waals surface area contributed by atoms with Crippen molar-refractivity contribution in [1.82, 2.24) is 24.8 Å². The van der Waals surface area contributed by atoms with Gasteiger partial charge in [-0.2, -0.15) is 5.10 Å². The van der Waals surface area contributed by atoms with Crippen LogP contribution in [0.25, 0.3) is 16.9 Å². The molecule has 0 unspecified atom stereocenters. The molecule has 1 atom stereocenters. The quantitative estimate of drug-likeness (QED) is 0.743. The van der Waals surface area contributed by atoms with Crippen LogP contribution in [-0.4, -0.2) is 65.3 Å². The summed E-state index contributed by atoms with van der Waals surface area (Å²) >= 11 is 0. The van der Waals surface area contributed by atoms with Crippen molar-refractivity contribution < 1.29 is 14.3 Å². The summed E-state index contributed by atoms with van der Waals surface area (Å²) in [4.78, 5) is 19.1. The van der Waals surface area contributed by atoms with Crippen molar-refractivity contribution >= 4 is 11.6 Å². The lowest BCUT2D eigenvalue weighted by Gasteiger charge is -2.31. The van der Waals surface area contributed by atoms with Crippen LogP contribution in [0.1, 0.15) is 17.4 Å². The van der Waals surface area contributed by atoms with Gasteiger partial charge in [0.25, 0.3) is 5.91 Å². The Hall–Kier alpha value is -3.13. The maximum absolute atomic E-state index is 12.9. The molecular weight excluding hydrogens is 358 g/mol. The van der Waals surface area contributed by atoms with Crippen LogP contribution in [0.15, 0.2) is 36.5 Å². The van der Waals surface area contributed by atoms with Gasteiger partial charge in [0, 0.05) is 43.5 Å². The number of piperazine rings is 1. The maximum Gasteiger partial charge on any atom is 0.274 e. The first-order valence-corrected chi connectivity index (χ1v) is 9.20. The number of rotatable bonds is 4. The molecule has 1 N–H and O–H groups in total. The van der Waals surface area contributed by atoms with Crippen molar-refractivity contribution in [3.05, 3.63) is 42.2 Å². The van der Waals surface area contributed by atoms with Crippen LogP contribution >= 0.6 is 0 Å². The van der Waals surface area contributed by atoms with E-state index in [9.17, 15) is 4.79 Å². The van der Waals surface area contributed by atoms with Crippen LogP contribution in [0.3, 0.4) is 0 Å². The van der Waals surface area contributed by atoms with Gasteiger partial charge in [-0.05, 0) is 31.2 Å². The number of aromatic nitrogens is 3. The van der Waals surface area contributed by atoms with Crippen LogP contribution in [0.2, 0.25) is 0 Å². The summed E-state index contributed by atoms with van der Waals surface area (Å²) in [6, 6.07) is 9.53. The van der Waals surface area contributed by atoms with Gasteiger partial charge in [0.1, 0.15) is 0 Å². The molecular formula is C20H23N5O3. The summed E-state index contributed by atoms with van der Waals surface area (Å²) in [5.41, 5.74) is 2.73. The minimum absolute atomic E-state index is 0.0721. The lowest BCUT2D eigenvalue weighted by molar-refractivity contribution is 0.0703. The molecule has 28 heavy (non-hydrogen) atoms. The highest BCUT2D eigenvalue weighted by Crippen LogP contribution is 2.32. The van der Waals surface area contributed by atoms with Gasteiger partial charge in [0.2, 0.25) is 0 Å². The van der Waals surface area contributed by atoms with E-state index < -0.39 is 0 Å². The van der Waals surface area contributed by atoms with Crippen LogP contribution in [0, 0.1) is 0 Å². The Labute approximate surface area is 163 Å². The molecule has 4 rings (SSSR count). The van der Waals surface area contributed by atoms with E-state index in [1.54, 1.807) is 31.0 Å². The second kappa shape index (κ2) is 7.47. The molecule has 0 aliphatic carbocycles. The van der Waals surface area contributed by atoms with E-state index in [4.69, 9.17) is 9.47 Å².